The highest BCUT2D eigenvalue weighted by molar-refractivity contribution is 5.96. The van der Waals surface area contributed by atoms with Crippen molar-refractivity contribution in [2.45, 2.75) is 33.6 Å². The summed E-state index contributed by atoms with van der Waals surface area (Å²) in [6.45, 7) is 7.58. The number of carbonyl (C=O) groups excluding carboxylic acids is 2. The van der Waals surface area contributed by atoms with Crippen LogP contribution in [0, 0.1) is 17.2 Å². The number of hydrogen-bond acceptors (Lipinski definition) is 2. The van der Waals surface area contributed by atoms with Gasteiger partial charge in [-0.25, -0.2) is 4.39 Å². The molecule has 0 saturated carbocycles. The van der Waals surface area contributed by atoms with E-state index in [1.807, 2.05) is 0 Å². The van der Waals surface area contributed by atoms with Crippen LogP contribution in [0.4, 0.5) is 4.39 Å². The molecule has 1 fully saturated rings. The van der Waals surface area contributed by atoms with Crippen LogP contribution in [0.2, 0.25) is 0 Å². The second-order valence-corrected chi connectivity index (χ2v) is 6.79. The molecule has 1 saturated heterocycles. The van der Waals surface area contributed by atoms with Crippen molar-refractivity contribution in [2.75, 3.05) is 13.1 Å². The average molecular weight is 291 g/mol. The number of nitrogens with zero attached hydrogens (tertiary/aromatic N) is 1. The Morgan fingerprint density at radius 2 is 1.90 bits per heavy atom. The van der Waals surface area contributed by atoms with Crippen molar-refractivity contribution >= 4 is 11.7 Å². The van der Waals surface area contributed by atoms with E-state index in [9.17, 15) is 14.0 Å². The number of halogens is 1. The Morgan fingerprint density at radius 3 is 2.43 bits per heavy atom. The van der Waals surface area contributed by atoms with E-state index in [0.29, 0.717) is 24.4 Å². The molecule has 0 bridgehead atoms. The third-order valence-corrected chi connectivity index (χ3v) is 4.21. The standard InChI is InChI=1S/C17H22FNO2/c1-17(2,3)13-10-16(21)19(11-13)9-8-15(20)12-4-6-14(18)7-5-12/h4-7,13H,8-11H2,1-3H3. The predicted octanol–water partition coefficient (Wildman–Crippen LogP) is 3.29. The summed E-state index contributed by atoms with van der Waals surface area (Å²) in [7, 11) is 0. The van der Waals surface area contributed by atoms with Crippen molar-refractivity contribution < 1.29 is 14.0 Å². The maximum absolute atomic E-state index is 12.8. The average Bonchev–Trinajstić information content (AvgIpc) is 2.78. The number of amides is 1. The Bertz CT molecular complexity index is 531. The van der Waals surface area contributed by atoms with E-state index in [0.717, 1.165) is 6.54 Å². The Morgan fingerprint density at radius 1 is 1.29 bits per heavy atom. The van der Waals surface area contributed by atoms with Gasteiger partial charge in [-0.2, -0.15) is 0 Å². The van der Waals surface area contributed by atoms with Crippen LogP contribution in [0.15, 0.2) is 24.3 Å². The molecule has 0 aromatic heterocycles. The van der Waals surface area contributed by atoms with E-state index in [1.54, 1.807) is 4.90 Å². The molecular weight excluding hydrogens is 269 g/mol. The molecule has 1 aromatic rings. The van der Waals surface area contributed by atoms with Crippen molar-refractivity contribution in [1.82, 2.24) is 4.90 Å². The third kappa shape index (κ3) is 3.90. The van der Waals surface area contributed by atoms with E-state index in [1.165, 1.54) is 24.3 Å². The van der Waals surface area contributed by atoms with Gasteiger partial charge in [-0.3, -0.25) is 9.59 Å². The Balaban J connectivity index is 1.90. The van der Waals surface area contributed by atoms with Gasteiger partial charge in [0.05, 0.1) is 0 Å². The first-order chi connectivity index (χ1) is 9.77. The Hall–Kier alpha value is -1.71. The summed E-state index contributed by atoms with van der Waals surface area (Å²) in [5, 5.41) is 0. The quantitative estimate of drug-likeness (QED) is 0.798. The SMILES string of the molecule is CC(C)(C)C1CC(=O)N(CCC(=O)c2ccc(F)cc2)C1. The number of benzene rings is 1. The van der Waals surface area contributed by atoms with Crippen molar-refractivity contribution in [3.63, 3.8) is 0 Å². The third-order valence-electron chi connectivity index (χ3n) is 4.21. The Kier molecular flexibility index (Phi) is 4.45. The molecule has 21 heavy (non-hydrogen) atoms. The van der Waals surface area contributed by atoms with E-state index >= 15 is 0 Å². The van der Waals surface area contributed by atoms with Gasteiger partial charge in [0.1, 0.15) is 5.82 Å². The van der Waals surface area contributed by atoms with Crippen LogP contribution >= 0.6 is 0 Å². The number of hydrogen-bond donors (Lipinski definition) is 0. The summed E-state index contributed by atoms with van der Waals surface area (Å²) in [5.41, 5.74) is 0.598. The van der Waals surface area contributed by atoms with Gasteiger partial charge in [0.15, 0.2) is 5.78 Å². The molecular formula is C17H22FNO2. The fraction of sp³-hybridized carbons (Fsp3) is 0.529. The van der Waals surface area contributed by atoms with Gasteiger partial charge in [-0.05, 0) is 35.6 Å². The first-order valence-corrected chi connectivity index (χ1v) is 7.34. The molecule has 1 amide bonds. The summed E-state index contributed by atoms with van der Waals surface area (Å²) in [6.07, 6.45) is 0.850. The number of rotatable bonds is 4. The molecule has 0 radical (unpaired) electrons. The smallest absolute Gasteiger partial charge is 0.222 e. The molecule has 2 rings (SSSR count). The molecule has 1 aromatic carbocycles. The van der Waals surface area contributed by atoms with Crippen LogP contribution in [-0.2, 0) is 4.79 Å². The van der Waals surface area contributed by atoms with Crippen molar-refractivity contribution in [1.29, 1.82) is 0 Å². The second kappa shape index (κ2) is 5.96. The highest BCUT2D eigenvalue weighted by Gasteiger charge is 2.36. The van der Waals surface area contributed by atoms with Gasteiger partial charge in [-0.15, -0.1) is 0 Å². The maximum atomic E-state index is 12.8. The fourth-order valence-corrected chi connectivity index (χ4v) is 2.58. The summed E-state index contributed by atoms with van der Waals surface area (Å²) < 4.78 is 12.8. The van der Waals surface area contributed by atoms with Crippen LogP contribution in [0.25, 0.3) is 0 Å². The van der Waals surface area contributed by atoms with E-state index in [4.69, 9.17) is 0 Å². The normalized spacial score (nSPS) is 19.1. The van der Waals surface area contributed by atoms with Gasteiger partial charge in [-0.1, -0.05) is 20.8 Å². The van der Waals surface area contributed by atoms with Crippen LogP contribution in [0.5, 0.6) is 0 Å². The minimum atomic E-state index is -0.353. The van der Waals surface area contributed by atoms with Crippen LogP contribution in [0.3, 0.4) is 0 Å². The van der Waals surface area contributed by atoms with Crippen molar-refractivity contribution in [3.05, 3.63) is 35.6 Å². The van der Waals surface area contributed by atoms with E-state index in [2.05, 4.69) is 20.8 Å². The lowest BCUT2D eigenvalue weighted by molar-refractivity contribution is -0.127. The molecule has 0 aliphatic carbocycles. The molecule has 1 aliphatic rings. The van der Waals surface area contributed by atoms with Crippen molar-refractivity contribution in [2.24, 2.45) is 11.3 Å². The van der Waals surface area contributed by atoms with Crippen LogP contribution < -0.4 is 0 Å². The molecule has 114 valence electrons. The summed E-state index contributed by atoms with van der Waals surface area (Å²) in [6, 6.07) is 5.54. The topological polar surface area (TPSA) is 37.4 Å². The fourth-order valence-electron chi connectivity index (χ4n) is 2.58. The zero-order valence-corrected chi connectivity index (χ0v) is 12.9. The van der Waals surface area contributed by atoms with Crippen LogP contribution in [0.1, 0.15) is 44.0 Å². The number of ketones is 1. The van der Waals surface area contributed by atoms with Gasteiger partial charge in [0.25, 0.3) is 0 Å². The first kappa shape index (κ1) is 15.7. The van der Waals surface area contributed by atoms with Crippen LogP contribution in [-0.4, -0.2) is 29.7 Å². The summed E-state index contributed by atoms with van der Waals surface area (Å²) >= 11 is 0. The zero-order chi connectivity index (χ0) is 15.6. The summed E-state index contributed by atoms with van der Waals surface area (Å²) in [5.74, 6) is 0.0593. The first-order valence-electron chi connectivity index (χ1n) is 7.34. The minimum absolute atomic E-state index is 0.0537. The molecule has 1 heterocycles. The van der Waals surface area contributed by atoms with Gasteiger partial charge >= 0.3 is 0 Å². The highest BCUT2D eigenvalue weighted by atomic mass is 19.1. The molecule has 1 unspecified atom stereocenters. The maximum Gasteiger partial charge on any atom is 0.222 e. The largest absolute Gasteiger partial charge is 0.342 e. The minimum Gasteiger partial charge on any atom is -0.342 e. The molecule has 1 atom stereocenters. The second-order valence-electron chi connectivity index (χ2n) is 6.79. The molecule has 4 heteroatoms. The van der Waals surface area contributed by atoms with Gasteiger partial charge in [0.2, 0.25) is 5.91 Å². The molecule has 0 N–H and O–H groups in total. The zero-order valence-electron chi connectivity index (χ0n) is 12.9. The lowest BCUT2D eigenvalue weighted by atomic mass is 9.80. The van der Waals surface area contributed by atoms with Crippen molar-refractivity contribution in [3.8, 4) is 0 Å². The number of Topliss-reactive ketones (excluding diaryl/α,β-unsaturated/α-hetero) is 1. The lowest BCUT2D eigenvalue weighted by Crippen LogP contribution is -2.29. The highest BCUT2D eigenvalue weighted by Crippen LogP contribution is 2.34. The molecule has 1 aliphatic heterocycles. The van der Waals surface area contributed by atoms with Gasteiger partial charge in [0, 0.05) is 31.5 Å². The number of carbonyl (C=O) groups is 2. The Labute approximate surface area is 125 Å². The van der Waals surface area contributed by atoms with Gasteiger partial charge < -0.3 is 4.90 Å². The lowest BCUT2D eigenvalue weighted by Gasteiger charge is -2.26. The molecule has 3 nitrogen and oxygen atoms in total. The van der Waals surface area contributed by atoms with E-state index < -0.39 is 0 Å². The molecule has 0 spiro atoms. The summed E-state index contributed by atoms with van der Waals surface area (Å²) in [4.78, 5) is 25.8. The predicted molar refractivity (Wildman–Crippen MR) is 79.5 cm³/mol. The monoisotopic (exact) mass is 291 g/mol. The number of likely N-dealkylation sites (tertiary alicyclic amines) is 1. The van der Waals surface area contributed by atoms with E-state index in [-0.39, 0.29) is 29.3 Å².